The van der Waals surface area contributed by atoms with Gasteiger partial charge in [-0.1, -0.05) is 24.3 Å². The van der Waals surface area contributed by atoms with Crippen LogP contribution in [0.15, 0.2) is 42.7 Å². The Balaban J connectivity index is 1.65. The van der Waals surface area contributed by atoms with Gasteiger partial charge in [0, 0.05) is 13.0 Å². The number of nitrogens with one attached hydrogen (secondary N) is 2. The van der Waals surface area contributed by atoms with Crippen LogP contribution in [0.5, 0.6) is 0 Å². The molecule has 0 saturated carbocycles. The lowest BCUT2D eigenvalue weighted by Gasteiger charge is -2.13. The number of carbonyl (C=O) groups is 2. The van der Waals surface area contributed by atoms with Gasteiger partial charge in [0.05, 0.1) is 23.8 Å². The predicted octanol–water partition coefficient (Wildman–Crippen LogP) is 2.12. The highest BCUT2D eigenvalue weighted by Crippen LogP contribution is 2.17. The highest BCUT2D eigenvalue weighted by molar-refractivity contribution is 5.79. The molecule has 7 nitrogen and oxygen atoms in total. The first-order chi connectivity index (χ1) is 14.5. The van der Waals surface area contributed by atoms with Crippen molar-refractivity contribution in [3.05, 3.63) is 65.0 Å². The third-order valence-electron chi connectivity index (χ3n) is 5.16. The lowest BCUT2D eigenvalue weighted by Crippen LogP contribution is -2.25. The largest absolute Gasteiger partial charge is 0.370 e. The lowest BCUT2D eigenvalue weighted by atomic mass is 9.95. The molecule has 158 valence electrons. The van der Waals surface area contributed by atoms with Crippen LogP contribution in [-0.4, -0.2) is 28.3 Å². The quantitative estimate of drug-likeness (QED) is 0.363. The van der Waals surface area contributed by atoms with Crippen molar-refractivity contribution in [3.8, 4) is 0 Å². The summed E-state index contributed by atoms with van der Waals surface area (Å²) in [5.41, 5.74) is 16.9. The van der Waals surface area contributed by atoms with Crippen molar-refractivity contribution in [2.45, 2.75) is 45.1 Å². The van der Waals surface area contributed by atoms with Crippen LogP contribution >= 0.6 is 0 Å². The maximum Gasteiger partial charge on any atom is 0.224 e. The summed E-state index contributed by atoms with van der Waals surface area (Å²) in [6, 6.07) is 12.0. The zero-order valence-electron chi connectivity index (χ0n) is 17.1. The number of nitrogens with two attached hydrogens (primary N) is 2. The van der Waals surface area contributed by atoms with Crippen LogP contribution in [0, 0.1) is 0 Å². The van der Waals surface area contributed by atoms with Gasteiger partial charge in [0.2, 0.25) is 11.8 Å². The van der Waals surface area contributed by atoms with E-state index in [4.69, 9.17) is 11.5 Å². The number of fused-ring (bicyclic) bond motifs is 1. The smallest absolute Gasteiger partial charge is 0.224 e. The normalized spacial score (nSPS) is 11.0. The van der Waals surface area contributed by atoms with Crippen molar-refractivity contribution in [3.63, 3.8) is 0 Å². The Morgan fingerprint density at radius 3 is 2.63 bits per heavy atom. The molecule has 0 aliphatic rings. The molecule has 6 N–H and O–H groups in total. The molecule has 3 aromatic rings. The molecule has 0 fully saturated rings. The zero-order chi connectivity index (χ0) is 21.3. The number of aromatic nitrogens is 2. The molecule has 0 aliphatic carbocycles. The van der Waals surface area contributed by atoms with Gasteiger partial charge in [-0.15, -0.1) is 0 Å². The maximum atomic E-state index is 12.6. The van der Waals surface area contributed by atoms with Crippen molar-refractivity contribution in [1.29, 1.82) is 0 Å². The number of amides is 2. The van der Waals surface area contributed by atoms with Crippen molar-refractivity contribution in [2.75, 3.05) is 6.54 Å². The molecular formula is C23H29N5O2. The number of H-pyrrole nitrogens is 1. The summed E-state index contributed by atoms with van der Waals surface area (Å²) in [6.07, 6.45) is 5.65. The van der Waals surface area contributed by atoms with E-state index < -0.39 is 0 Å². The standard InChI is InChI=1S/C23H29N5O2/c24-10-2-1-3-18-7-4-16(6-9-22(25)29)11-19(18)13-23(30)26-14-17-5-8-20-21(12-17)28-15-27-20/h4-5,7-8,11-12,15H,1-3,6,9-10,13-14,24H2,(H2,25,29)(H,26,30)(H,27,28). The van der Waals surface area contributed by atoms with Gasteiger partial charge in [-0.05, 0) is 66.6 Å². The Morgan fingerprint density at radius 2 is 1.83 bits per heavy atom. The van der Waals surface area contributed by atoms with Crippen LogP contribution in [0.25, 0.3) is 11.0 Å². The van der Waals surface area contributed by atoms with Gasteiger partial charge >= 0.3 is 0 Å². The molecule has 30 heavy (non-hydrogen) atoms. The van der Waals surface area contributed by atoms with Gasteiger partial charge in [0.1, 0.15) is 0 Å². The number of primary amides is 1. The van der Waals surface area contributed by atoms with Gasteiger partial charge < -0.3 is 21.8 Å². The van der Waals surface area contributed by atoms with Crippen molar-refractivity contribution >= 4 is 22.8 Å². The van der Waals surface area contributed by atoms with Crippen molar-refractivity contribution in [1.82, 2.24) is 15.3 Å². The highest BCUT2D eigenvalue weighted by Gasteiger charge is 2.10. The first kappa shape index (κ1) is 21.5. The summed E-state index contributed by atoms with van der Waals surface area (Å²) < 4.78 is 0. The average Bonchev–Trinajstić information content (AvgIpc) is 3.20. The number of nitrogens with zero attached hydrogens (tertiary/aromatic N) is 1. The molecule has 0 atom stereocenters. The maximum absolute atomic E-state index is 12.6. The monoisotopic (exact) mass is 407 g/mol. The summed E-state index contributed by atoms with van der Waals surface area (Å²) in [5.74, 6) is -0.362. The molecule has 0 saturated heterocycles. The van der Waals surface area contributed by atoms with Crippen LogP contribution in [0.1, 0.15) is 41.5 Å². The number of rotatable bonds is 11. The number of hydrogen-bond donors (Lipinski definition) is 4. The lowest BCUT2D eigenvalue weighted by molar-refractivity contribution is -0.120. The zero-order valence-corrected chi connectivity index (χ0v) is 17.1. The van der Waals surface area contributed by atoms with E-state index in [1.54, 1.807) is 6.33 Å². The molecular weight excluding hydrogens is 378 g/mol. The van der Waals surface area contributed by atoms with E-state index in [1.807, 2.05) is 30.3 Å². The van der Waals surface area contributed by atoms with Crippen LogP contribution < -0.4 is 16.8 Å². The van der Waals surface area contributed by atoms with Gasteiger partial charge in [0.15, 0.2) is 0 Å². The Labute approximate surface area is 176 Å². The fourth-order valence-corrected chi connectivity index (χ4v) is 3.49. The van der Waals surface area contributed by atoms with Gasteiger partial charge in [0.25, 0.3) is 0 Å². The van der Waals surface area contributed by atoms with Gasteiger partial charge in [-0.2, -0.15) is 0 Å². The van der Waals surface area contributed by atoms with Crippen molar-refractivity contribution < 1.29 is 9.59 Å². The molecule has 2 aromatic carbocycles. The van der Waals surface area contributed by atoms with Crippen LogP contribution in [-0.2, 0) is 35.4 Å². The molecule has 0 bridgehead atoms. The molecule has 0 radical (unpaired) electrons. The third kappa shape index (κ3) is 6.15. The van der Waals surface area contributed by atoms with E-state index in [0.717, 1.165) is 52.5 Å². The Hall–Kier alpha value is -3.19. The fourth-order valence-electron chi connectivity index (χ4n) is 3.49. The van der Waals surface area contributed by atoms with E-state index in [9.17, 15) is 9.59 Å². The van der Waals surface area contributed by atoms with Gasteiger partial charge in [-0.25, -0.2) is 4.98 Å². The molecule has 1 aromatic heterocycles. The second kappa shape index (κ2) is 10.5. The first-order valence-corrected chi connectivity index (χ1v) is 10.3. The molecule has 7 heteroatoms. The number of benzene rings is 2. The Morgan fingerprint density at radius 1 is 1.00 bits per heavy atom. The van der Waals surface area contributed by atoms with E-state index in [0.29, 0.717) is 32.4 Å². The van der Waals surface area contributed by atoms with E-state index >= 15 is 0 Å². The minimum atomic E-state index is -0.324. The number of unbranched alkanes of at least 4 members (excludes halogenated alkanes) is 1. The molecule has 0 spiro atoms. The summed E-state index contributed by atoms with van der Waals surface area (Å²) in [5, 5.41) is 3.00. The Kier molecular flexibility index (Phi) is 7.57. The number of hydrogen-bond acceptors (Lipinski definition) is 4. The number of carbonyl (C=O) groups excluding carboxylic acids is 2. The predicted molar refractivity (Wildman–Crippen MR) is 118 cm³/mol. The summed E-state index contributed by atoms with van der Waals surface area (Å²) in [7, 11) is 0. The minimum Gasteiger partial charge on any atom is -0.370 e. The topological polar surface area (TPSA) is 127 Å². The third-order valence-corrected chi connectivity index (χ3v) is 5.16. The molecule has 1 heterocycles. The van der Waals surface area contributed by atoms with Crippen LogP contribution in [0.2, 0.25) is 0 Å². The van der Waals surface area contributed by atoms with Crippen LogP contribution in [0.4, 0.5) is 0 Å². The van der Waals surface area contributed by atoms with E-state index in [1.165, 1.54) is 0 Å². The van der Waals surface area contributed by atoms with Crippen molar-refractivity contribution in [2.24, 2.45) is 11.5 Å². The summed E-state index contributed by atoms with van der Waals surface area (Å²) in [6.45, 7) is 1.11. The number of aromatic amines is 1. The fraction of sp³-hybridized carbons (Fsp3) is 0.348. The van der Waals surface area contributed by atoms with Gasteiger partial charge in [-0.3, -0.25) is 9.59 Å². The highest BCUT2D eigenvalue weighted by atomic mass is 16.1. The van der Waals surface area contributed by atoms with Crippen LogP contribution in [0.3, 0.4) is 0 Å². The number of aryl methyl sites for hydroxylation is 2. The summed E-state index contributed by atoms with van der Waals surface area (Å²) >= 11 is 0. The molecule has 0 unspecified atom stereocenters. The van der Waals surface area contributed by atoms with E-state index in [-0.39, 0.29) is 11.8 Å². The second-order valence-electron chi connectivity index (χ2n) is 7.52. The molecule has 0 aliphatic heterocycles. The summed E-state index contributed by atoms with van der Waals surface area (Å²) in [4.78, 5) is 31.0. The minimum absolute atomic E-state index is 0.0377. The second-order valence-corrected chi connectivity index (χ2v) is 7.52. The SMILES string of the molecule is NCCCCc1ccc(CCC(N)=O)cc1CC(=O)NCc1ccc2[nH]cnc2c1. The molecule has 2 amide bonds. The average molecular weight is 408 g/mol. The number of imidazole rings is 1. The first-order valence-electron chi connectivity index (χ1n) is 10.3. The molecule has 3 rings (SSSR count). The Bertz CT molecular complexity index is 1010. The van der Waals surface area contributed by atoms with E-state index in [2.05, 4.69) is 21.4 Å².